The van der Waals surface area contributed by atoms with E-state index < -0.39 is 0 Å². The van der Waals surface area contributed by atoms with Crippen LogP contribution in [-0.2, 0) is 6.54 Å². The largest absolute Gasteiger partial charge is 0.346 e. The van der Waals surface area contributed by atoms with Crippen molar-refractivity contribution in [3.05, 3.63) is 34.0 Å². The van der Waals surface area contributed by atoms with Crippen LogP contribution in [0, 0.1) is 5.92 Å². The molecule has 102 valence electrons. The molecule has 1 atom stereocenters. The number of hydrogen-bond donors (Lipinski definition) is 1. The fraction of sp³-hybridized carbons (Fsp3) is 0.417. The van der Waals surface area contributed by atoms with Gasteiger partial charge in [-0.05, 0) is 18.1 Å². The Balaban J connectivity index is 2.02. The average Bonchev–Trinajstić information content (AvgIpc) is 2.99. The summed E-state index contributed by atoms with van der Waals surface area (Å²) in [6.07, 6.45) is 3.13. The van der Waals surface area contributed by atoms with Crippen LogP contribution in [0.4, 0.5) is 0 Å². The zero-order valence-electron chi connectivity index (χ0n) is 10.7. The second kappa shape index (κ2) is 6.16. The first kappa shape index (κ1) is 14.0. The number of aromatic nitrogens is 3. The molecule has 0 radical (unpaired) electrons. The number of nitrogens with zero attached hydrogens (tertiary/aromatic N) is 3. The van der Waals surface area contributed by atoms with Gasteiger partial charge < -0.3 is 5.32 Å². The van der Waals surface area contributed by atoms with Gasteiger partial charge in [0.15, 0.2) is 0 Å². The van der Waals surface area contributed by atoms with E-state index in [1.165, 1.54) is 17.7 Å². The molecule has 19 heavy (non-hydrogen) atoms. The molecular formula is C12H15ClN4OS. The van der Waals surface area contributed by atoms with Crippen LogP contribution in [0.3, 0.4) is 0 Å². The molecule has 0 aliphatic carbocycles. The number of rotatable bonds is 5. The fourth-order valence-corrected chi connectivity index (χ4v) is 2.57. The summed E-state index contributed by atoms with van der Waals surface area (Å²) in [5.41, 5.74) is 0. The summed E-state index contributed by atoms with van der Waals surface area (Å²) < 4.78 is 2.33. The van der Waals surface area contributed by atoms with Crippen LogP contribution in [0.2, 0.25) is 4.34 Å². The molecule has 0 aliphatic heterocycles. The van der Waals surface area contributed by atoms with Gasteiger partial charge >= 0.3 is 0 Å². The highest BCUT2D eigenvalue weighted by atomic mass is 35.5. The molecule has 5 nitrogen and oxygen atoms in total. The Morgan fingerprint density at radius 3 is 2.84 bits per heavy atom. The number of hydrogen-bond acceptors (Lipinski definition) is 4. The number of carbonyl (C=O) groups is 1. The normalized spacial score (nSPS) is 12.6. The number of carbonyl (C=O) groups excluding carboxylic acids is 1. The monoisotopic (exact) mass is 298 g/mol. The van der Waals surface area contributed by atoms with Gasteiger partial charge in [-0.15, -0.1) is 11.3 Å². The summed E-state index contributed by atoms with van der Waals surface area (Å²) in [7, 11) is 0. The van der Waals surface area contributed by atoms with Crippen LogP contribution in [0.1, 0.15) is 23.5 Å². The van der Waals surface area contributed by atoms with Crippen LogP contribution in [0.25, 0.3) is 0 Å². The van der Waals surface area contributed by atoms with Gasteiger partial charge in [0, 0.05) is 0 Å². The first-order valence-electron chi connectivity index (χ1n) is 5.95. The lowest BCUT2D eigenvalue weighted by atomic mass is 10.0. The van der Waals surface area contributed by atoms with Crippen molar-refractivity contribution in [3.8, 4) is 0 Å². The Morgan fingerprint density at radius 1 is 1.53 bits per heavy atom. The van der Waals surface area contributed by atoms with E-state index in [0.29, 0.717) is 21.7 Å². The maximum Gasteiger partial charge on any atom is 0.261 e. The molecule has 2 aromatic heterocycles. The Bertz CT molecular complexity index is 538. The first-order valence-corrected chi connectivity index (χ1v) is 7.14. The van der Waals surface area contributed by atoms with Crippen molar-refractivity contribution in [2.24, 2.45) is 5.92 Å². The molecule has 1 amide bonds. The zero-order chi connectivity index (χ0) is 13.8. The van der Waals surface area contributed by atoms with Crippen molar-refractivity contribution < 1.29 is 4.79 Å². The quantitative estimate of drug-likeness (QED) is 0.922. The molecule has 2 rings (SSSR count). The Labute approximate surface area is 120 Å². The molecule has 7 heteroatoms. The van der Waals surface area contributed by atoms with Gasteiger partial charge in [-0.1, -0.05) is 25.4 Å². The SMILES string of the molecule is CC(C)[C@@H](Cn1cncn1)NC(=O)c1ccc(Cl)s1. The fourth-order valence-electron chi connectivity index (χ4n) is 1.63. The van der Waals surface area contributed by atoms with Gasteiger partial charge in [0.25, 0.3) is 5.91 Å². The molecule has 0 aliphatic rings. The van der Waals surface area contributed by atoms with E-state index >= 15 is 0 Å². The van der Waals surface area contributed by atoms with Crippen molar-refractivity contribution in [2.75, 3.05) is 0 Å². The van der Waals surface area contributed by atoms with Gasteiger partial charge in [0.05, 0.1) is 21.8 Å². The van der Waals surface area contributed by atoms with Crippen LogP contribution < -0.4 is 5.32 Å². The Morgan fingerprint density at radius 2 is 2.32 bits per heavy atom. The van der Waals surface area contributed by atoms with E-state index in [0.717, 1.165) is 0 Å². The second-order valence-corrected chi connectivity index (χ2v) is 6.26. The molecule has 1 N–H and O–H groups in total. The predicted octanol–water partition coefficient (Wildman–Crippen LogP) is 2.45. The number of thiophene rings is 1. The molecule has 2 heterocycles. The average molecular weight is 299 g/mol. The molecular weight excluding hydrogens is 284 g/mol. The van der Waals surface area contributed by atoms with Crippen LogP contribution in [0.15, 0.2) is 24.8 Å². The maximum atomic E-state index is 12.1. The zero-order valence-corrected chi connectivity index (χ0v) is 12.3. The van der Waals surface area contributed by atoms with E-state index in [-0.39, 0.29) is 11.9 Å². The van der Waals surface area contributed by atoms with Gasteiger partial charge in [-0.3, -0.25) is 9.48 Å². The summed E-state index contributed by atoms with van der Waals surface area (Å²) in [5, 5.41) is 7.07. The second-order valence-electron chi connectivity index (χ2n) is 4.55. The van der Waals surface area contributed by atoms with Crippen LogP contribution in [-0.4, -0.2) is 26.7 Å². The van der Waals surface area contributed by atoms with E-state index in [9.17, 15) is 4.79 Å². The van der Waals surface area contributed by atoms with E-state index in [4.69, 9.17) is 11.6 Å². The summed E-state index contributed by atoms with van der Waals surface area (Å²) in [6, 6.07) is 3.45. The highest BCUT2D eigenvalue weighted by Crippen LogP contribution is 2.21. The Kier molecular flexibility index (Phi) is 4.55. The van der Waals surface area contributed by atoms with Gasteiger partial charge in [-0.2, -0.15) is 5.10 Å². The lowest BCUT2D eigenvalue weighted by molar-refractivity contribution is 0.0923. The summed E-state index contributed by atoms with van der Waals surface area (Å²) >= 11 is 7.11. The first-order chi connectivity index (χ1) is 9.06. The van der Waals surface area contributed by atoms with Gasteiger partial charge in [0.1, 0.15) is 12.7 Å². The smallest absolute Gasteiger partial charge is 0.261 e. The van der Waals surface area contributed by atoms with Crippen molar-refractivity contribution in [1.29, 1.82) is 0 Å². The molecule has 0 bridgehead atoms. The van der Waals surface area contributed by atoms with E-state index in [1.807, 2.05) is 0 Å². The highest BCUT2D eigenvalue weighted by molar-refractivity contribution is 7.17. The minimum Gasteiger partial charge on any atom is -0.346 e. The molecule has 0 unspecified atom stereocenters. The minimum atomic E-state index is -0.101. The summed E-state index contributed by atoms with van der Waals surface area (Å²) in [4.78, 5) is 16.6. The molecule has 0 saturated carbocycles. The summed E-state index contributed by atoms with van der Waals surface area (Å²) in [6.45, 7) is 4.72. The number of amides is 1. The lowest BCUT2D eigenvalue weighted by Gasteiger charge is -2.21. The van der Waals surface area contributed by atoms with Gasteiger partial charge in [-0.25, -0.2) is 4.98 Å². The van der Waals surface area contributed by atoms with Gasteiger partial charge in [0.2, 0.25) is 0 Å². The van der Waals surface area contributed by atoms with Crippen molar-refractivity contribution in [3.63, 3.8) is 0 Å². The third-order valence-electron chi connectivity index (χ3n) is 2.77. The van der Waals surface area contributed by atoms with E-state index in [2.05, 4.69) is 29.2 Å². The molecule has 0 aromatic carbocycles. The van der Waals surface area contributed by atoms with Crippen LogP contribution >= 0.6 is 22.9 Å². The molecule has 0 spiro atoms. The van der Waals surface area contributed by atoms with E-state index in [1.54, 1.807) is 23.1 Å². The molecule has 0 fully saturated rings. The standard InChI is InChI=1S/C12H15ClN4OS/c1-8(2)9(5-17-7-14-6-15-17)16-12(18)10-3-4-11(13)19-10/h3-4,6-9H,5H2,1-2H3,(H,16,18)/t9-/m1/s1. The third kappa shape index (κ3) is 3.78. The lowest BCUT2D eigenvalue weighted by Crippen LogP contribution is -2.41. The van der Waals surface area contributed by atoms with Crippen LogP contribution in [0.5, 0.6) is 0 Å². The predicted molar refractivity (Wildman–Crippen MR) is 75.4 cm³/mol. The van der Waals surface area contributed by atoms with Crippen molar-refractivity contribution >= 4 is 28.8 Å². The third-order valence-corrected chi connectivity index (χ3v) is 4.00. The van der Waals surface area contributed by atoms with Crippen molar-refractivity contribution in [2.45, 2.75) is 26.4 Å². The van der Waals surface area contributed by atoms with Crippen molar-refractivity contribution in [1.82, 2.24) is 20.1 Å². The Hall–Kier alpha value is -1.40. The minimum absolute atomic E-state index is 0.00456. The summed E-state index contributed by atoms with van der Waals surface area (Å²) in [5.74, 6) is 0.194. The maximum absolute atomic E-state index is 12.1. The molecule has 0 saturated heterocycles. The topological polar surface area (TPSA) is 59.8 Å². The number of nitrogens with one attached hydrogen (secondary N) is 1. The number of halogens is 1. The highest BCUT2D eigenvalue weighted by Gasteiger charge is 2.19. The molecule has 2 aromatic rings.